The van der Waals surface area contributed by atoms with Crippen molar-refractivity contribution in [3.05, 3.63) is 29.9 Å². The number of rotatable bonds is 4. The molecule has 4 rings (SSSR count). The van der Waals surface area contributed by atoms with Gasteiger partial charge >= 0.3 is 0 Å². The molecule has 1 unspecified atom stereocenters. The van der Waals surface area contributed by atoms with Gasteiger partial charge < -0.3 is 18.7 Å². The number of amides is 1. The van der Waals surface area contributed by atoms with Crippen LogP contribution in [0.3, 0.4) is 0 Å². The van der Waals surface area contributed by atoms with E-state index in [9.17, 15) is 4.79 Å². The molecule has 2 fully saturated rings. The van der Waals surface area contributed by atoms with Crippen molar-refractivity contribution in [2.75, 3.05) is 26.3 Å². The number of aromatic nitrogens is 4. The third kappa shape index (κ3) is 3.76. The van der Waals surface area contributed by atoms with Gasteiger partial charge in [-0.05, 0) is 32.6 Å². The summed E-state index contributed by atoms with van der Waals surface area (Å²) in [6, 6.07) is 0. The number of hydrogen-bond acceptors (Lipinski definition) is 6. The fraction of sp³-hybridized carbons (Fsp3) is 0.684. The van der Waals surface area contributed by atoms with Crippen molar-refractivity contribution in [3.63, 3.8) is 0 Å². The van der Waals surface area contributed by atoms with E-state index in [1.54, 1.807) is 6.20 Å². The van der Waals surface area contributed by atoms with Gasteiger partial charge in [-0.2, -0.15) is 4.98 Å². The summed E-state index contributed by atoms with van der Waals surface area (Å²) >= 11 is 0. The summed E-state index contributed by atoms with van der Waals surface area (Å²) in [5.41, 5.74) is -0.273. The molecule has 0 saturated carbocycles. The number of piperidine rings is 1. The first-order chi connectivity index (χ1) is 13.0. The van der Waals surface area contributed by atoms with E-state index in [1.165, 1.54) is 0 Å². The molecule has 0 aromatic carbocycles. The number of carbonyl (C=O) groups is 1. The number of imidazole rings is 1. The van der Waals surface area contributed by atoms with Gasteiger partial charge in [0, 0.05) is 50.0 Å². The van der Waals surface area contributed by atoms with Crippen molar-refractivity contribution in [2.45, 2.75) is 57.4 Å². The lowest BCUT2D eigenvalue weighted by Crippen LogP contribution is -2.48. The Balaban J connectivity index is 1.45. The zero-order valence-corrected chi connectivity index (χ0v) is 16.1. The quantitative estimate of drug-likeness (QED) is 0.815. The maximum atomic E-state index is 12.8. The fourth-order valence-corrected chi connectivity index (χ4v) is 4.04. The molecule has 2 aromatic heterocycles. The Morgan fingerprint density at radius 3 is 2.93 bits per heavy atom. The van der Waals surface area contributed by atoms with Gasteiger partial charge in [-0.3, -0.25) is 4.79 Å². The van der Waals surface area contributed by atoms with Crippen molar-refractivity contribution in [3.8, 4) is 0 Å². The Labute approximate surface area is 158 Å². The predicted molar refractivity (Wildman–Crippen MR) is 97.2 cm³/mol. The smallest absolute Gasteiger partial charge is 0.242 e. The van der Waals surface area contributed by atoms with Gasteiger partial charge in [0.25, 0.3) is 0 Å². The molecule has 0 radical (unpaired) electrons. The van der Waals surface area contributed by atoms with E-state index >= 15 is 0 Å². The molecule has 0 N–H and O–H groups in total. The van der Waals surface area contributed by atoms with Crippen LogP contribution in [0.25, 0.3) is 0 Å². The van der Waals surface area contributed by atoms with Crippen LogP contribution in [0, 0.1) is 6.92 Å². The molecule has 2 saturated heterocycles. The Hall–Kier alpha value is -2.22. The number of aryl methyl sites for hydroxylation is 1. The Bertz CT molecular complexity index is 795. The third-order valence-electron chi connectivity index (χ3n) is 5.83. The summed E-state index contributed by atoms with van der Waals surface area (Å²) in [4.78, 5) is 23.6. The highest BCUT2D eigenvalue weighted by Crippen LogP contribution is 2.34. The first kappa shape index (κ1) is 18.2. The van der Waals surface area contributed by atoms with E-state index in [0.717, 1.165) is 57.1 Å². The second kappa shape index (κ2) is 7.42. The molecule has 1 amide bonds. The second-order valence-electron chi connectivity index (χ2n) is 7.92. The SMILES string of the molecule is Cc1nccn1CC(=O)N1CCCC(C)(c2noc(C3CCOCC3)n2)C1. The molecule has 2 aliphatic rings. The van der Waals surface area contributed by atoms with E-state index in [4.69, 9.17) is 14.2 Å². The Kier molecular flexibility index (Phi) is 4.99. The summed E-state index contributed by atoms with van der Waals surface area (Å²) in [7, 11) is 0. The summed E-state index contributed by atoms with van der Waals surface area (Å²) in [5, 5.41) is 4.29. The van der Waals surface area contributed by atoms with Gasteiger partial charge in [-0.15, -0.1) is 0 Å². The highest BCUT2D eigenvalue weighted by Gasteiger charge is 2.39. The minimum Gasteiger partial charge on any atom is -0.381 e. The molecule has 0 bridgehead atoms. The van der Waals surface area contributed by atoms with Crippen molar-refractivity contribution in [1.82, 2.24) is 24.6 Å². The van der Waals surface area contributed by atoms with Gasteiger partial charge in [0.05, 0.1) is 0 Å². The highest BCUT2D eigenvalue weighted by atomic mass is 16.5. The zero-order chi connectivity index (χ0) is 18.9. The van der Waals surface area contributed by atoms with Crippen LogP contribution >= 0.6 is 0 Å². The fourth-order valence-electron chi connectivity index (χ4n) is 4.04. The summed E-state index contributed by atoms with van der Waals surface area (Å²) in [5.74, 6) is 2.68. The minimum absolute atomic E-state index is 0.107. The topological polar surface area (TPSA) is 86.3 Å². The molecule has 4 heterocycles. The zero-order valence-electron chi connectivity index (χ0n) is 16.1. The van der Waals surface area contributed by atoms with Crippen LogP contribution in [0.1, 0.15) is 56.1 Å². The van der Waals surface area contributed by atoms with Crippen LogP contribution in [-0.4, -0.2) is 56.8 Å². The Morgan fingerprint density at radius 2 is 2.19 bits per heavy atom. The average Bonchev–Trinajstić information content (AvgIpc) is 3.33. The van der Waals surface area contributed by atoms with Crippen molar-refractivity contribution < 1.29 is 14.1 Å². The largest absolute Gasteiger partial charge is 0.381 e. The van der Waals surface area contributed by atoms with E-state index < -0.39 is 0 Å². The molecule has 2 aliphatic heterocycles. The lowest BCUT2D eigenvalue weighted by molar-refractivity contribution is -0.134. The summed E-state index contributed by atoms with van der Waals surface area (Å²) < 4.78 is 12.9. The normalized spacial score (nSPS) is 24.3. The van der Waals surface area contributed by atoms with Crippen LogP contribution in [-0.2, 0) is 21.5 Å². The molecule has 2 aromatic rings. The lowest BCUT2D eigenvalue weighted by Gasteiger charge is -2.38. The van der Waals surface area contributed by atoms with Gasteiger partial charge in [-0.1, -0.05) is 12.1 Å². The van der Waals surface area contributed by atoms with Gasteiger partial charge in [0.1, 0.15) is 12.4 Å². The number of hydrogen-bond donors (Lipinski definition) is 0. The monoisotopic (exact) mass is 373 g/mol. The predicted octanol–water partition coefficient (Wildman–Crippen LogP) is 2.05. The van der Waals surface area contributed by atoms with Crippen LogP contribution in [0.2, 0.25) is 0 Å². The number of nitrogens with zero attached hydrogens (tertiary/aromatic N) is 5. The maximum absolute atomic E-state index is 12.8. The van der Waals surface area contributed by atoms with Crippen LogP contribution < -0.4 is 0 Å². The van der Waals surface area contributed by atoms with E-state index in [-0.39, 0.29) is 17.2 Å². The maximum Gasteiger partial charge on any atom is 0.242 e. The lowest BCUT2D eigenvalue weighted by atomic mass is 9.81. The van der Waals surface area contributed by atoms with Crippen molar-refractivity contribution in [2.24, 2.45) is 0 Å². The molecule has 8 nitrogen and oxygen atoms in total. The highest BCUT2D eigenvalue weighted by molar-refractivity contribution is 5.76. The molecule has 146 valence electrons. The van der Waals surface area contributed by atoms with E-state index in [2.05, 4.69) is 17.1 Å². The second-order valence-corrected chi connectivity index (χ2v) is 7.92. The standard InChI is InChI=1S/C19H27N5O3/c1-14-20-7-9-23(14)12-16(25)24-8-3-6-19(2,13-24)18-21-17(27-22-18)15-4-10-26-11-5-15/h7,9,15H,3-6,8,10-13H2,1-2H3. The number of ether oxygens (including phenoxy) is 1. The Morgan fingerprint density at radius 1 is 1.37 bits per heavy atom. The van der Waals surface area contributed by atoms with Gasteiger partial charge in [0.15, 0.2) is 5.82 Å². The van der Waals surface area contributed by atoms with Gasteiger partial charge in [0.2, 0.25) is 11.8 Å². The first-order valence-electron chi connectivity index (χ1n) is 9.72. The first-order valence-corrected chi connectivity index (χ1v) is 9.72. The molecule has 27 heavy (non-hydrogen) atoms. The summed E-state index contributed by atoms with van der Waals surface area (Å²) in [6.07, 6.45) is 7.30. The third-order valence-corrected chi connectivity index (χ3v) is 5.83. The molecule has 1 atom stereocenters. The molecular formula is C19H27N5O3. The molecule has 0 aliphatic carbocycles. The molecular weight excluding hydrogens is 346 g/mol. The average molecular weight is 373 g/mol. The van der Waals surface area contributed by atoms with Crippen LogP contribution in [0.15, 0.2) is 16.9 Å². The number of likely N-dealkylation sites (tertiary alicyclic amines) is 1. The van der Waals surface area contributed by atoms with Crippen LogP contribution in [0.5, 0.6) is 0 Å². The van der Waals surface area contributed by atoms with E-state index in [1.807, 2.05) is 22.6 Å². The van der Waals surface area contributed by atoms with Crippen LogP contribution in [0.4, 0.5) is 0 Å². The van der Waals surface area contributed by atoms with Gasteiger partial charge in [-0.25, -0.2) is 4.98 Å². The molecule has 8 heteroatoms. The van der Waals surface area contributed by atoms with Crippen molar-refractivity contribution in [1.29, 1.82) is 0 Å². The molecule has 0 spiro atoms. The van der Waals surface area contributed by atoms with E-state index in [0.29, 0.717) is 19.0 Å². The number of carbonyl (C=O) groups excluding carboxylic acids is 1. The van der Waals surface area contributed by atoms with Crippen molar-refractivity contribution >= 4 is 5.91 Å². The summed E-state index contributed by atoms with van der Waals surface area (Å²) in [6.45, 7) is 7.24. The minimum atomic E-state index is -0.273.